The number of likely N-dealkylation sites (N-methyl/N-ethyl adjacent to an activating group) is 1. The monoisotopic (exact) mass is 394 g/mol. The number of hydrogen-bond donors (Lipinski definition) is 1. The smallest absolute Gasteiger partial charge is 0.236 e. The fraction of sp³-hybridized carbons (Fsp3) is 0.591. The van der Waals surface area contributed by atoms with Gasteiger partial charge in [0.2, 0.25) is 5.91 Å². The van der Waals surface area contributed by atoms with Crippen LogP contribution in [0.15, 0.2) is 24.5 Å². The zero-order chi connectivity index (χ0) is 20.4. The third kappa shape index (κ3) is 4.08. The molecule has 0 bridgehead atoms. The van der Waals surface area contributed by atoms with Gasteiger partial charge in [0.1, 0.15) is 5.65 Å². The van der Waals surface area contributed by atoms with Crippen LogP contribution in [0.5, 0.6) is 0 Å². The van der Waals surface area contributed by atoms with Gasteiger partial charge in [-0.25, -0.2) is 4.98 Å². The average Bonchev–Trinajstić information content (AvgIpc) is 3.23. The molecule has 154 valence electrons. The van der Waals surface area contributed by atoms with Crippen molar-refractivity contribution < 1.29 is 4.79 Å². The molecule has 0 radical (unpaired) electrons. The summed E-state index contributed by atoms with van der Waals surface area (Å²) in [5.74, 6) is 0.880. The standard InChI is InChI=1S/C22H30N6O/c1-16-5-12-28(21(29)15-27-10-6-17(13-23)7-11-27)14-20(16)26(2)19-4-9-25-22-18(19)3-8-24-22/h3-4,8-9,16-17,20H,5-7,10-12,14-15H2,1-2H3,(H,24,25)/t16-,20+/m1/s1. The van der Waals surface area contributed by atoms with E-state index in [-0.39, 0.29) is 17.9 Å². The molecule has 0 spiro atoms. The number of pyridine rings is 1. The first-order chi connectivity index (χ1) is 14.1. The van der Waals surface area contributed by atoms with Gasteiger partial charge in [0.15, 0.2) is 0 Å². The van der Waals surface area contributed by atoms with Crippen LogP contribution in [-0.2, 0) is 4.79 Å². The molecule has 0 saturated carbocycles. The van der Waals surface area contributed by atoms with Crippen molar-refractivity contribution in [1.82, 2.24) is 19.8 Å². The predicted molar refractivity (Wildman–Crippen MR) is 113 cm³/mol. The molecule has 2 aromatic rings. The van der Waals surface area contributed by atoms with Crippen LogP contribution in [0.2, 0.25) is 0 Å². The quantitative estimate of drug-likeness (QED) is 0.862. The zero-order valence-electron chi connectivity index (χ0n) is 17.3. The first-order valence-corrected chi connectivity index (χ1v) is 10.6. The Morgan fingerprint density at radius 3 is 2.86 bits per heavy atom. The summed E-state index contributed by atoms with van der Waals surface area (Å²) in [7, 11) is 2.13. The van der Waals surface area contributed by atoms with E-state index in [9.17, 15) is 4.79 Å². The Hall–Kier alpha value is -2.59. The van der Waals surface area contributed by atoms with E-state index in [0.717, 1.165) is 62.2 Å². The van der Waals surface area contributed by atoms with E-state index < -0.39 is 0 Å². The first-order valence-electron chi connectivity index (χ1n) is 10.6. The molecule has 0 aliphatic carbocycles. The summed E-state index contributed by atoms with van der Waals surface area (Å²) >= 11 is 0. The van der Waals surface area contributed by atoms with Crippen LogP contribution < -0.4 is 4.90 Å². The van der Waals surface area contributed by atoms with E-state index in [1.54, 1.807) is 0 Å². The lowest BCUT2D eigenvalue weighted by molar-refractivity contribution is -0.134. The van der Waals surface area contributed by atoms with Crippen LogP contribution in [0.3, 0.4) is 0 Å². The number of anilines is 1. The maximum Gasteiger partial charge on any atom is 0.236 e. The van der Waals surface area contributed by atoms with Crippen LogP contribution in [-0.4, -0.2) is 71.5 Å². The molecule has 2 aliphatic heterocycles. The van der Waals surface area contributed by atoms with Crippen molar-refractivity contribution in [3.05, 3.63) is 24.5 Å². The molecule has 0 unspecified atom stereocenters. The highest BCUT2D eigenvalue weighted by Crippen LogP contribution is 2.30. The van der Waals surface area contributed by atoms with E-state index in [4.69, 9.17) is 5.26 Å². The van der Waals surface area contributed by atoms with E-state index >= 15 is 0 Å². The third-order valence-electron chi connectivity index (χ3n) is 6.72. The summed E-state index contributed by atoms with van der Waals surface area (Å²) in [6, 6.07) is 6.76. The van der Waals surface area contributed by atoms with E-state index in [1.807, 2.05) is 17.3 Å². The number of rotatable bonds is 4. The van der Waals surface area contributed by atoms with E-state index in [2.05, 4.69) is 51.9 Å². The van der Waals surface area contributed by atoms with Crippen LogP contribution in [0.1, 0.15) is 26.2 Å². The van der Waals surface area contributed by atoms with E-state index in [0.29, 0.717) is 12.5 Å². The number of hydrogen-bond acceptors (Lipinski definition) is 5. The van der Waals surface area contributed by atoms with Gasteiger partial charge in [-0.3, -0.25) is 9.69 Å². The van der Waals surface area contributed by atoms with Crippen molar-refractivity contribution in [3.63, 3.8) is 0 Å². The Balaban J connectivity index is 1.42. The third-order valence-corrected chi connectivity index (χ3v) is 6.72. The highest BCUT2D eigenvalue weighted by atomic mass is 16.2. The Kier molecular flexibility index (Phi) is 5.72. The van der Waals surface area contributed by atoms with Gasteiger partial charge in [-0.1, -0.05) is 6.92 Å². The van der Waals surface area contributed by atoms with Crippen molar-refractivity contribution in [2.75, 3.05) is 44.7 Å². The second-order valence-electron chi connectivity index (χ2n) is 8.53. The number of carbonyl (C=O) groups is 1. The number of carbonyl (C=O) groups excluding carboxylic acids is 1. The molecule has 1 amide bonds. The topological polar surface area (TPSA) is 79.3 Å². The number of nitriles is 1. The van der Waals surface area contributed by atoms with E-state index in [1.165, 1.54) is 0 Å². The van der Waals surface area contributed by atoms with Crippen molar-refractivity contribution >= 4 is 22.6 Å². The number of amides is 1. The second kappa shape index (κ2) is 8.42. The SMILES string of the molecule is C[C@@H]1CCN(C(=O)CN2CCC(C#N)CC2)C[C@@H]1N(C)c1ccnc2[nH]ccc12. The lowest BCUT2D eigenvalue weighted by Crippen LogP contribution is -2.54. The van der Waals surface area contributed by atoms with Crippen LogP contribution in [0, 0.1) is 23.2 Å². The van der Waals surface area contributed by atoms with Gasteiger partial charge in [-0.2, -0.15) is 5.26 Å². The fourth-order valence-corrected chi connectivity index (χ4v) is 4.72. The summed E-state index contributed by atoms with van der Waals surface area (Å²) in [5.41, 5.74) is 2.05. The molecule has 29 heavy (non-hydrogen) atoms. The molecular weight excluding hydrogens is 364 g/mol. The maximum atomic E-state index is 13.0. The summed E-state index contributed by atoms with van der Waals surface area (Å²) in [6.07, 6.45) is 6.52. The molecule has 4 heterocycles. The first kappa shape index (κ1) is 19.7. The summed E-state index contributed by atoms with van der Waals surface area (Å²) in [5, 5.41) is 10.2. The number of fused-ring (bicyclic) bond motifs is 1. The molecule has 2 aromatic heterocycles. The zero-order valence-corrected chi connectivity index (χ0v) is 17.3. The van der Waals surface area contributed by atoms with Gasteiger partial charge in [0.05, 0.1) is 12.6 Å². The minimum Gasteiger partial charge on any atom is -0.369 e. The molecule has 2 saturated heterocycles. The molecule has 2 fully saturated rings. The number of likely N-dealkylation sites (tertiary alicyclic amines) is 2. The number of aromatic nitrogens is 2. The highest BCUT2D eigenvalue weighted by Gasteiger charge is 2.33. The molecular formula is C22H30N6O. The molecule has 7 heteroatoms. The Morgan fingerprint density at radius 1 is 1.31 bits per heavy atom. The van der Waals surface area contributed by atoms with Gasteiger partial charge in [0, 0.05) is 55.6 Å². The van der Waals surface area contributed by atoms with Gasteiger partial charge >= 0.3 is 0 Å². The molecule has 2 atom stereocenters. The number of nitrogens with zero attached hydrogens (tertiary/aromatic N) is 5. The average molecular weight is 395 g/mol. The number of nitrogens with one attached hydrogen (secondary N) is 1. The second-order valence-corrected chi connectivity index (χ2v) is 8.53. The van der Waals surface area contributed by atoms with Gasteiger partial charge in [-0.05, 0) is 50.4 Å². The Morgan fingerprint density at radius 2 is 2.10 bits per heavy atom. The number of H-pyrrole nitrogens is 1. The molecule has 0 aromatic carbocycles. The normalized spacial score (nSPS) is 23.8. The highest BCUT2D eigenvalue weighted by molar-refractivity contribution is 5.89. The maximum absolute atomic E-state index is 13.0. The minimum atomic E-state index is 0.154. The van der Waals surface area contributed by atoms with Gasteiger partial charge in [0.25, 0.3) is 0 Å². The molecule has 4 rings (SSSR count). The largest absolute Gasteiger partial charge is 0.369 e. The number of aromatic amines is 1. The van der Waals surface area contributed by atoms with Crippen LogP contribution >= 0.6 is 0 Å². The fourth-order valence-electron chi connectivity index (χ4n) is 4.72. The van der Waals surface area contributed by atoms with Crippen LogP contribution in [0.4, 0.5) is 5.69 Å². The predicted octanol–water partition coefficient (Wildman–Crippen LogP) is 2.47. The molecule has 1 N–H and O–H groups in total. The minimum absolute atomic E-state index is 0.154. The summed E-state index contributed by atoms with van der Waals surface area (Å²) in [6.45, 7) is 6.03. The Bertz CT molecular complexity index is 894. The van der Waals surface area contributed by atoms with Crippen molar-refractivity contribution in [2.45, 2.75) is 32.2 Å². The summed E-state index contributed by atoms with van der Waals surface area (Å²) < 4.78 is 0. The van der Waals surface area contributed by atoms with Crippen molar-refractivity contribution in [1.29, 1.82) is 5.26 Å². The van der Waals surface area contributed by atoms with Crippen molar-refractivity contribution in [2.24, 2.45) is 11.8 Å². The number of piperidine rings is 2. The lowest BCUT2D eigenvalue weighted by atomic mass is 9.91. The molecule has 2 aliphatic rings. The lowest BCUT2D eigenvalue weighted by Gasteiger charge is -2.43. The van der Waals surface area contributed by atoms with Gasteiger partial charge in [-0.15, -0.1) is 0 Å². The Labute approximate surface area is 172 Å². The van der Waals surface area contributed by atoms with Crippen LogP contribution in [0.25, 0.3) is 11.0 Å². The summed E-state index contributed by atoms with van der Waals surface area (Å²) in [4.78, 5) is 27.1. The van der Waals surface area contributed by atoms with Gasteiger partial charge < -0.3 is 14.8 Å². The van der Waals surface area contributed by atoms with Crippen molar-refractivity contribution in [3.8, 4) is 6.07 Å². The molecule has 7 nitrogen and oxygen atoms in total.